The number of nitrogens with zero attached hydrogens (tertiary/aromatic N) is 2. The zero-order valence-electron chi connectivity index (χ0n) is 29.2. The first kappa shape index (κ1) is 36.4. The summed E-state index contributed by atoms with van der Waals surface area (Å²) >= 11 is 0. The average molecular weight is 728 g/mol. The van der Waals surface area contributed by atoms with Gasteiger partial charge in [-0.25, -0.2) is 18.2 Å². The fourth-order valence-electron chi connectivity index (χ4n) is 6.44. The summed E-state index contributed by atoms with van der Waals surface area (Å²) < 4.78 is 50.7. The maximum Gasteiger partial charge on any atom is 0.408 e. The summed E-state index contributed by atoms with van der Waals surface area (Å²) in [6.07, 6.45) is 5.98. The average Bonchev–Trinajstić information content (AvgIpc) is 3.99. The van der Waals surface area contributed by atoms with Gasteiger partial charge in [-0.15, -0.1) is 0 Å². The highest BCUT2D eigenvalue weighted by Crippen LogP contribution is 2.46. The summed E-state index contributed by atoms with van der Waals surface area (Å²) in [4.78, 5) is 60.8. The molecule has 2 saturated carbocycles. The van der Waals surface area contributed by atoms with Crippen molar-refractivity contribution in [3.63, 3.8) is 0 Å². The lowest BCUT2D eigenvalue weighted by atomic mass is 10.1. The second kappa shape index (κ2) is 14.3. The number of alkyl carbamates (subject to hydrolysis) is 1. The number of amides is 4. The lowest BCUT2D eigenvalue weighted by Crippen LogP contribution is -2.59. The van der Waals surface area contributed by atoms with Crippen LogP contribution >= 0.6 is 0 Å². The van der Waals surface area contributed by atoms with E-state index in [9.17, 15) is 27.6 Å². The highest BCUT2D eigenvalue weighted by molar-refractivity contribution is 7.91. The molecule has 6 rings (SSSR count). The number of aromatic nitrogens is 1. The second-order valence-corrected chi connectivity index (χ2v) is 16.4. The van der Waals surface area contributed by atoms with E-state index in [0.29, 0.717) is 36.8 Å². The number of rotatable bonds is 7. The molecule has 2 aliphatic carbocycles. The number of ether oxygens (including phenoxy) is 4. The molecule has 4 aliphatic rings. The minimum atomic E-state index is -3.90. The Bertz CT molecular complexity index is 1820. The Kier molecular flexibility index (Phi) is 10.2. The summed E-state index contributed by atoms with van der Waals surface area (Å²) in [5.74, 6) is -1.61. The zero-order chi connectivity index (χ0) is 36.6. The van der Waals surface area contributed by atoms with Crippen molar-refractivity contribution in [2.45, 2.75) is 93.9 Å². The van der Waals surface area contributed by atoms with Crippen molar-refractivity contribution >= 4 is 44.6 Å². The predicted molar refractivity (Wildman–Crippen MR) is 184 cm³/mol. The molecule has 2 aromatic rings. The Balaban J connectivity index is 1.30. The first-order valence-corrected chi connectivity index (χ1v) is 18.8. The van der Waals surface area contributed by atoms with Crippen LogP contribution in [0.5, 0.6) is 11.6 Å². The van der Waals surface area contributed by atoms with Gasteiger partial charge in [0.05, 0.1) is 25.5 Å². The molecule has 276 valence electrons. The van der Waals surface area contributed by atoms with Crippen LogP contribution in [0.25, 0.3) is 10.8 Å². The van der Waals surface area contributed by atoms with Crippen molar-refractivity contribution in [2.75, 3.05) is 26.9 Å². The van der Waals surface area contributed by atoms with Crippen molar-refractivity contribution in [2.24, 2.45) is 5.92 Å². The number of carbonyl (C=O) groups is 4. The van der Waals surface area contributed by atoms with Gasteiger partial charge in [-0.05, 0) is 82.5 Å². The third kappa shape index (κ3) is 8.38. The number of sulfonamides is 1. The molecule has 0 spiro atoms. The van der Waals surface area contributed by atoms with Crippen LogP contribution in [0.4, 0.5) is 4.79 Å². The number of carbonyl (C=O) groups excluding carboxylic acids is 4. The van der Waals surface area contributed by atoms with E-state index in [4.69, 9.17) is 18.9 Å². The van der Waals surface area contributed by atoms with Crippen molar-refractivity contribution in [3.8, 4) is 11.6 Å². The third-order valence-electron chi connectivity index (χ3n) is 9.33. The Hall–Kier alpha value is -4.44. The molecular formula is C35H45N5O10S. The number of allylic oxidation sites excluding steroid dienone is 1. The van der Waals surface area contributed by atoms with Gasteiger partial charge < -0.3 is 34.5 Å². The van der Waals surface area contributed by atoms with Crippen LogP contribution in [0.15, 0.2) is 42.6 Å². The number of methoxy groups -OCH3 is 1. The van der Waals surface area contributed by atoms with Gasteiger partial charge in [0.2, 0.25) is 27.7 Å². The molecule has 1 unspecified atom stereocenters. The van der Waals surface area contributed by atoms with Crippen LogP contribution in [0.3, 0.4) is 0 Å². The predicted octanol–water partition coefficient (Wildman–Crippen LogP) is 2.33. The SMILES string of the molecule is COc1ccc2c(OC3C[C@H]4C(=O)N[C@]5(C(=O)NS(=O)(=O)C6CC6)C[C@H]5/C=C\CCCOC[C@H](NC(=O)OC(C)(C)C)C(=O)N4C3)nccc2c1. The Morgan fingerprint density at radius 1 is 1.16 bits per heavy atom. The van der Waals surface area contributed by atoms with E-state index < -0.39 is 74.3 Å². The van der Waals surface area contributed by atoms with Crippen molar-refractivity contribution < 1.29 is 46.5 Å². The van der Waals surface area contributed by atoms with Gasteiger partial charge >= 0.3 is 6.09 Å². The summed E-state index contributed by atoms with van der Waals surface area (Å²) in [6.45, 7) is 5.12. The Morgan fingerprint density at radius 2 is 1.94 bits per heavy atom. The lowest BCUT2D eigenvalue weighted by Gasteiger charge is -2.30. The lowest BCUT2D eigenvalue weighted by molar-refractivity contribution is -0.142. The van der Waals surface area contributed by atoms with Crippen LogP contribution in [0, 0.1) is 5.92 Å². The first-order valence-electron chi connectivity index (χ1n) is 17.2. The Morgan fingerprint density at radius 3 is 2.67 bits per heavy atom. The maximum absolute atomic E-state index is 14.3. The van der Waals surface area contributed by atoms with Crippen molar-refractivity contribution in [3.05, 3.63) is 42.6 Å². The summed E-state index contributed by atoms with van der Waals surface area (Å²) in [6, 6.07) is 4.85. The van der Waals surface area contributed by atoms with Crippen molar-refractivity contribution in [1.29, 1.82) is 0 Å². The Labute approximate surface area is 296 Å². The van der Waals surface area contributed by atoms with E-state index in [1.165, 1.54) is 4.90 Å². The second-order valence-electron chi connectivity index (χ2n) is 14.5. The van der Waals surface area contributed by atoms with Gasteiger partial charge in [-0.1, -0.05) is 12.2 Å². The fourth-order valence-corrected chi connectivity index (χ4v) is 7.80. The van der Waals surface area contributed by atoms with Crippen LogP contribution in [0.2, 0.25) is 0 Å². The van der Waals surface area contributed by atoms with Crippen LogP contribution in [0.1, 0.15) is 59.3 Å². The fraction of sp³-hybridized carbons (Fsp3) is 0.571. The molecule has 3 fully saturated rings. The highest BCUT2D eigenvalue weighted by atomic mass is 32.2. The highest BCUT2D eigenvalue weighted by Gasteiger charge is 2.62. The molecule has 2 aliphatic heterocycles. The minimum Gasteiger partial charge on any atom is -0.497 e. The van der Waals surface area contributed by atoms with E-state index in [-0.39, 0.29) is 38.5 Å². The molecule has 16 heteroatoms. The quantitative estimate of drug-likeness (QED) is 0.355. The number of fused-ring (bicyclic) bond motifs is 3. The number of hydrogen-bond acceptors (Lipinski definition) is 11. The molecular weight excluding hydrogens is 682 g/mol. The molecule has 3 N–H and O–H groups in total. The normalized spacial score (nSPS) is 27.9. The molecule has 1 saturated heterocycles. The molecule has 15 nitrogen and oxygen atoms in total. The van der Waals surface area contributed by atoms with Crippen LogP contribution in [-0.4, -0.2) is 104 Å². The first-order chi connectivity index (χ1) is 24.2. The largest absolute Gasteiger partial charge is 0.497 e. The monoisotopic (exact) mass is 727 g/mol. The summed E-state index contributed by atoms with van der Waals surface area (Å²) in [7, 11) is -2.33. The molecule has 0 radical (unpaired) electrons. The number of benzene rings is 1. The molecule has 51 heavy (non-hydrogen) atoms. The molecule has 1 aromatic carbocycles. The van der Waals surface area contributed by atoms with Gasteiger partial charge in [0.25, 0.3) is 5.91 Å². The molecule has 3 heterocycles. The van der Waals surface area contributed by atoms with Gasteiger partial charge in [-0.3, -0.25) is 19.1 Å². The van der Waals surface area contributed by atoms with Gasteiger partial charge in [0, 0.05) is 30.5 Å². The molecule has 5 atom stereocenters. The van der Waals surface area contributed by atoms with Crippen molar-refractivity contribution in [1.82, 2.24) is 25.2 Å². The van der Waals surface area contributed by atoms with Gasteiger partial charge in [0.15, 0.2) is 0 Å². The van der Waals surface area contributed by atoms with E-state index in [0.717, 1.165) is 5.39 Å². The summed E-state index contributed by atoms with van der Waals surface area (Å²) in [5, 5.41) is 6.31. The number of nitrogens with one attached hydrogen (secondary N) is 3. The number of hydrogen-bond donors (Lipinski definition) is 3. The van der Waals surface area contributed by atoms with E-state index >= 15 is 0 Å². The van der Waals surface area contributed by atoms with E-state index in [1.807, 2.05) is 18.2 Å². The number of pyridine rings is 1. The smallest absolute Gasteiger partial charge is 0.408 e. The van der Waals surface area contributed by atoms with Gasteiger partial charge in [-0.2, -0.15) is 0 Å². The molecule has 4 amide bonds. The standard InChI is InChI=1S/C35H45N5O10S/c1-34(2,3)50-33(44)37-27-20-48-15-7-5-6-8-22-18-35(22,32(43)39-51(45,46)25-10-11-25)38-29(41)28-17-24(19-40(28)31(27)42)49-30-26-12-9-23(47-4)16-21(26)13-14-36-30/h6,8-9,12-14,16,22,24-25,27-28H,5,7,10-11,15,17-20H2,1-4H3,(H,37,44)(H,38,41)(H,39,43)/b8-6-/t22-,24?,27+,28+,35-/m1/s1. The zero-order valence-corrected chi connectivity index (χ0v) is 30.0. The third-order valence-corrected chi connectivity index (χ3v) is 11.1. The van der Waals surface area contributed by atoms with Crippen LogP contribution < -0.4 is 24.8 Å². The molecule has 1 aromatic heterocycles. The topological polar surface area (TPSA) is 192 Å². The van der Waals surface area contributed by atoms with Crippen LogP contribution in [-0.2, 0) is 33.9 Å². The van der Waals surface area contributed by atoms with Gasteiger partial charge in [0.1, 0.15) is 35.1 Å². The minimum absolute atomic E-state index is 0.0182. The van der Waals surface area contributed by atoms with E-state index in [2.05, 4.69) is 20.3 Å². The van der Waals surface area contributed by atoms with E-state index in [1.54, 1.807) is 52.3 Å². The molecule has 0 bridgehead atoms. The maximum atomic E-state index is 14.3. The summed E-state index contributed by atoms with van der Waals surface area (Å²) in [5.41, 5.74) is -2.36.